The molecule has 4 nitrogen and oxygen atoms in total. The lowest BCUT2D eigenvalue weighted by atomic mass is 10.0. The maximum absolute atomic E-state index is 12.2. The van der Waals surface area contributed by atoms with E-state index in [1.165, 1.54) is 0 Å². The highest BCUT2D eigenvalue weighted by Gasteiger charge is 2.19. The van der Waals surface area contributed by atoms with Crippen molar-refractivity contribution in [3.63, 3.8) is 0 Å². The quantitative estimate of drug-likeness (QED) is 0.901. The number of nitrogens with one attached hydrogen (secondary N) is 1. The number of carbonyl (C=O) groups is 1. The molecule has 0 saturated carbocycles. The van der Waals surface area contributed by atoms with Gasteiger partial charge >= 0.3 is 0 Å². The maximum atomic E-state index is 12.2. The number of carbonyl (C=O) groups excluding carboxylic acids is 1. The number of amides is 1. The van der Waals surface area contributed by atoms with Crippen molar-refractivity contribution in [3.8, 4) is 11.1 Å². The predicted octanol–water partition coefficient (Wildman–Crippen LogP) is 4.14. The van der Waals surface area contributed by atoms with Crippen molar-refractivity contribution in [1.82, 2.24) is 9.78 Å². The van der Waals surface area contributed by atoms with E-state index in [0.717, 1.165) is 33.5 Å². The van der Waals surface area contributed by atoms with Gasteiger partial charge in [-0.1, -0.05) is 41.9 Å². The summed E-state index contributed by atoms with van der Waals surface area (Å²) < 4.78 is 2.76. The van der Waals surface area contributed by atoms with Crippen molar-refractivity contribution < 1.29 is 4.79 Å². The van der Waals surface area contributed by atoms with Crippen LogP contribution in [-0.4, -0.2) is 15.7 Å². The minimum absolute atomic E-state index is 0.0158. The first-order chi connectivity index (χ1) is 9.93. The van der Waals surface area contributed by atoms with Gasteiger partial charge in [-0.25, -0.2) is 0 Å². The van der Waals surface area contributed by atoms with Crippen LogP contribution in [0.5, 0.6) is 0 Å². The van der Waals surface area contributed by atoms with E-state index in [1.54, 1.807) is 4.68 Å². The Kier molecular flexibility index (Phi) is 4.83. The van der Waals surface area contributed by atoms with Crippen molar-refractivity contribution in [2.75, 3.05) is 5.32 Å². The summed E-state index contributed by atoms with van der Waals surface area (Å²) >= 11 is 3.44. The molecular formula is C16H20BrN3O. The molecule has 21 heavy (non-hydrogen) atoms. The lowest BCUT2D eigenvalue weighted by Gasteiger charge is -2.12. The zero-order valence-corrected chi connectivity index (χ0v) is 14.4. The third-order valence-electron chi connectivity index (χ3n) is 3.66. The molecule has 1 unspecified atom stereocenters. The number of aryl methyl sites for hydroxylation is 2. The van der Waals surface area contributed by atoms with Crippen LogP contribution >= 0.6 is 15.9 Å². The lowest BCUT2D eigenvalue weighted by molar-refractivity contribution is -0.119. The topological polar surface area (TPSA) is 46.9 Å². The van der Waals surface area contributed by atoms with E-state index in [0.29, 0.717) is 0 Å². The molecule has 0 bridgehead atoms. The number of halogens is 1. The van der Waals surface area contributed by atoms with Crippen LogP contribution in [0, 0.1) is 12.8 Å². The molecule has 0 aliphatic heterocycles. The van der Waals surface area contributed by atoms with Crippen molar-refractivity contribution in [2.45, 2.75) is 27.2 Å². The van der Waals surface area contributed by atoms with Crippen LogP contribution in [0.1, 0.15) is 26.0 Å². The van der Waals surface area contributed by atoms with Crippen molar-refractivity contribution >= 4 is 27.7 Å². The fourth-order valence-corrected chi connectivity index (χ4v) is 2.45. The van der Waals surface area contributed by atoms with Gasteiger partial charge in [0.15, 0.2) is 0 Å². The third-order valence-corrected chi connectivity index (χ3v) is 4.19. The van der Waals surface area contributed by atoms with Gasteiger partial charge in [0.05, 0.1) is 5.69 Å². The van der Waals surface area contributed by atoms with E-state index in [4.69, 9.17) is 0 Å². The van der Waals surface area contributed by atoms with E-state index in [9.17, 15) is 4.79 Å². The monoisotopic (exact) mass is 349 g/mol. The molecule has 0 aliphatic rings. The van der Waals surface area contributed by atoms with Crippen LogP contribution in [0.25, 0.3) is 11.1 Å². The van der Waals surface area contributed by atoms with Crippen LogP contribution in [-0.2, 0) is 11.8 Å². The highest BCUT2D eigenvalue weighted by Crippen LogP contribution is 2.32. The molecule has 0 spiro atoms. The highest BCUT2D eigenvalue weighted by atomic mass is 79.9. The summed E-state index contributed by atoms with van der Waals surface area (Å²) in [7, 11) is 1.85. The van der Waals surface area contributed by atoms with E-state index >= 15 is 0 Å². The molecule has 0 saturated heterocycles. The number of hydrogen-bond acceptors (Lipinski definition) is 2. The Morgan fingerprint density at radius 3 is 2.57 bits per heavy atom. The predicted molar refractivity (Wildman–Crippen MR) is 89.2 cm³/mol. The molecule has 0 aliphatic carbocycles. The lowest BCUT2D eigenvalue weighted by Crippen LogP contribution is -2.21. The van der Waals surface area contributed by atoms with Gasteiger partial charge in [-0.3, -0.25) is 9.48 Å². The molecule has 2 aromatic rings. The van der Waals surface area contributed by atoms with Gasteiger partial charge in [0.25, 0.3) is 0 Å². The van der Waals surface area contributed by atoms with Gasteiger partial charge in [-0.15, -0.1) is 0 Å². The number of nitrogens with zero attached hydrogens (tertiary/aromatic N) is 2. The van der Waals surface area contributed by atoms with Gasteiger partial charge < -0.3 is 5.32 Å². The average Bonchev–Trinajstić information content (AvgIpc) is 2.73. The molecule has 1 aromatic heterocycles. The fourth-order valence-electron chi connectivity index (χ4n) is 2.19. The normalized spacial score (nSPS) is 12.2. The smallest absolute Gasteiger partial charge is 0.228 e. The standard InChI is InChI=1S/C16H20BrN3O/c1-5-10(2)16(21)18-15-14(11(3)19-20(15)4)12-6-8-13(17)9-7-12/h6-10H,5H2,1-4H3,(H,18,21). The molecule has 2 rings (SSSR count). The van der Waals surface area contributed by atoms with Crippen molar-refractivity contribution in [1.29, 1.82) is 0 Å². The van der Waals surface area contributed by atoms with E-state index < -0.39 is 0 Å². The number of anilines is 1. The molecule has 1 aromatic carbocycles. The minimum Gasteiger partial charge on any atom is -0.310 e. The van der Waals surface area contributed by atoms with Crippen LogP contribution in [0.4, 0.5) is 5.82 Å². The Hall–Kier alpha value is -1.62. The summed E-state index contributed by atoms with van der Waals surface area (Å²) in [5.74, 6) is 0.761. The van der Waals surface area contributed by atoms with E-state index in [2.05, 4.69) is 26.3 Å². The summed E-state index contributed by atoms with van der Waals surface area (Å²) in [6, 6.07) is 8.02. The molecule has 0 fully saturated rings. The van der Waals surface area contributed by atoms with E-state index in [-0.39, 0.29) is 11.8 Å². The van der Waals surface area contributed by atoms with Gasteiger partial charge in [0.2, 0.25) is 5.91 Å². The van der Waals surface area contributed by atoms with Crippen LogP contribution in [0.15, 0.2) is 28.7 Å². The molecule has 1 atom stereocenters. The van der Waals surface area contributed by atoms with Crippen molar-refractivity contribution in [2.24, 2.45) is 13.0 Å². The summed E-state index contributed by atoms with van der Waals surface area (Å²) in [5, 5.41) is 7.45. The fraction of sp³-hybridized carbons (Fsp3) is 0.375. The van der Waals surface area contributed by atoms with Gasteiger partial charge in [-0.05, 0) is 31.0 Å². The number of hydrogen-bond donors (Lipinski definition) is 1. The maximum Gasteiger partial charge on any atom is 0.228 e. The second-order valence-electron chi connectivity index (χ2n) is 5.24. The van der Waals surface area contributed by atoms with Gasteiger partial charge in [0.1, 0.15) is 5.82 Å². The Morgan fingerprint density at radius 1 is 1.38 bits per heavy atom. The Morgan fingerprint density at radius 2 is 2.00 bits per heavy atom. The first-order valence-corrected chi connectivity index (χ1v) is 7.83. The zero-order valence-electron chi connectivity index (χ0n) is 12.8. The summed E-state index contributed by atoms with van der Waals surface area (Å²) in [6.45, 7) is 5.89. The van der Waals surface area contributed by atoms with Crippen LogP contribution in [0.3, 0.4) is 0 Å². The molecular weight excluding hydrogens is 330 g/mol. The van der Waals surface area contributed by atoms with Crippen LogP contribution < -0.4 is 5.32 Å². The SMILES string of the molecule is CCC(C)C(=O)Nc1c(-c2ccc(Br)cc2)c(C)nn1C. The third kappa shape index (κ3) is 3.35. The molecule has 1 amide bonds. The second-order valence-corrected chi connectivity index (χ2v) is 6.15. The Bertz CT molecular complexity index is 646. The van der Waals surface area contributed by atoms with Crippen LogP contribution in [0.2, 0.25) is 0 Å². The summed E-state index contributed by atoms with van der Waals surface area (Å²) in [5.41, 5.74) is 2.92. The van der Waals surface area contributed by atoms with Gasteiger partial charge in [-0.2, -0.15) is 5.10 Å². The molecule has 112 valence electrons. The first-order valence-electron chi connectivity index (χ1n) is 7.04. The van der Waals surface area contributed by atoms with E-state index in [1.807, 2.05) is 52.1 Å². The number of rotatable bonds is 4. The largest absolute Gasteiger partial charge is 0.310 e. The Labute approximate surface area is 133 Å². The zero-order chi connectivity index (χ0) is 15.6. The first kappa shape index (κ1) is 15.8. The molecule has 1 N–H and O–H groups in total. The van der Waals surface area contributed by atoms with Gasteiger partial charge in [0, 0.05) is 23.0 Å². The number of benzene rings is 1. The second kappa shape index (κ2) is 6.43. The summed E-state index contributed by atoms with van der Waals surface area (Å²) in [6.07, 6.45) is 0.816. The molecule has 0 radical (unpaired) electrons. The summed E-state index contributed by atoms with van der Waals surface area (Å²) in [4.78, 5) is 12.2. The average molecular weight is 350 g/mol. The van der Waals surface area contributed by atoms with Crippen molar-refractivity contribution in [3.05, 3.63) is 34.4 Å². The minimum atomic E-state index is -0.0158. The molecule has 5 heteroatoms. The highest BCUT2D eigenvalue weighted by molar-refractivity contribution is 9.10. The molecule has 1 heterocycles. The number of aromatic nitrogens is 2. The Balaban J connectivity index is 2.42.